The van der Waals surface area contributed by atoms with E-state index in [2.05, 4.69) is 18.0 Å². The number of carbonyl (C=O) groups excluding carboxylic acids is 2. The molecule has 1 aliphatic carbocycles. The van der Waals surface area contributed by atoms with Gasteiger partial charge in [-0.1, -0.05) is 74.7 Å². The molecular formula is C35H39N3O4. The maximum absolute atomic E-state index is 14.6. The number of fused-ring (bicyclic) bond motifs is 3. The summed E-state index contributed by atoms with van der Waals surface area (Å²) in [6.07, 6.45) is 5.94. The van der Waals surface area contributed by atoms with Crippen LogP contribution in [0.4, 0.5) is 5.69 Å². The van der Waals surface area contributed by atoms with Crippen LogP contribution in [0.25, 0.3) is 10.9 Å². The number of hydrogen-bond acceptors (Lipinski definition) is 5. The van der Waals surface area contributed by atoms with Crippen LogP contribution in [-0.2, 0) is 32.9 Å². The van der Waals surface area contributed by atoms with Gasteiger partial charge in [-0.2, -0.15) is 0 Å². The van der Waals surface area contributed by atoms with Crippen molar-refractivity contribution >= 4 is 28.5 Å². The lowest BCUT2D eigenvalue weighted by Gasteiger charge is -2.59. The number of carbonyl (C=O) groups is 2. The first-order valence-electron chi connectivity index (χ1n) is 15.0. The monoisotopic (exact) mass is 565 g/mol. The van der Waals surface area contributed by atoms with E-state index in [0.29, 0.717) is 18.8 Å². The van der Waals surface area contributed by atoms with E-state index in [0.717, 1.165) is 71.9 Å². The summed E-state index contributed by atoms with van der Waals surface area (Å²) in [5.74, 6) is -0.131. The van der Waals surface area contributed by atoms with Gasteiger partial charge >= 0.3 is 5.97 Å². The zero-order valence-electron chi connectivity index (χ0n) is 24.4. The fourth-order valence-corrected chi connectivity index (χ4v) is 7.69. The summed E-state index contributed by atoms with van der Waals surface area (Å²) in [6, 6.07) is 25.0. The number of nitrogens with one attached hydrogen (secondary N) is 1. The first-order valence-corrected chi connectivity index (χ1v) is 15.0. The Morgan fingerprint density at radius 2 is 1.64 bits per heavy atom. The fourth-order valence-electron chi connectivity index (χ4n) is 7.69. The highest BCUT2D eigenvalue weighted by Crippen LogP contribution is 2.60. The predicted octanol–water partition coefficient (Wildman–Crippen LogP) is 6.39. The van der Waals surface area contributed by atoms with Crippen molar-refractivity contribution in [1.29, 1.82) is 0 Å². The van der Waals surface area contributed by atoms with Crippen LogP contribution >= 0.6 is 0 Å². The minimum Gasteiger partial charge on any atom is -0.489 e. The molecule has 6 rings (SSSR count). The highest BCUT2D eigenvalue weighted by molar-refractivity contribution is 5.98. The Bertz CT molecular complexity index is 1570. The number of benzene rings is 3. The summed E-state index contributed by atoms with van der Waals surface area (Å²) < 4.78 is 11.8. The van der Waals surface area contributed by atoms with Crippen LogP contribution in [0.1, 0.15) is 62.3 Å². The summed E-state index contributed by atoms with van der Waals surface area (Å²) >= 11 is 0. The largest absolute Gasteiger partial charge is 0.489 e. The van der Waals surface area contributed by atoms with Gasteiger partial charge in [-0.25, -0.2) is 4.79 Å². The quantitative estimate of drug-likeness (QED) is 0.241. The summed E-state index contributed by atoms with van der Waals surface area (Å²) in [7, 11) is 1.45. The van der Waals surface area contributed by atoms with E-state index >= 15 is 0 Å². The number of ether oxygens (including phenoxy) is 2. The molecule has 1 aromatic heterocycles. The zero-order valence-corrected chi connectivity index (χ0v) is 24.4. The first kappa shape index (κ1) is 27.9. The van der Waals surface area contributed by atoms with Crippen LogP contribution in [0, 0.1) is 5.41 Å². The Hall–Kier alpha value is -4.26. The molecule has 2 aliphatic rings. The number of nitrogens with zero attached hydrogens (tertiary/aromatic N) is 1. The molecule has 3 aromatic carbocycles. The van der Waals surface area contributed by atoms with E-state index in [4.69, 9.17) is 15.2 Å². The summed E-state index contributed by atoms with van der Waals surface area (Å²) in [6.45, 7) is 2.60. The average Bonchev–Trinajstić information content (AvgIpc) is 3.42. The molecule has 42 heavy (non-hydrogen) atoms. The minimum atomic E-state index is -1.28. The molecule has 0 saturated heterocycles. The summed E-state index contributed by atoms with van der Waals surface area (Å²) in [5, 5.41) is 1.01. The van der Waals surface area contributed by atoms with Gasteiger partial charge < -0.3 is 25.1 Å². The van der Waals surface area contributed by atoms with Gasteiger partial charge in [0.1, 0.15) is 18.4 Å². The second-order valence-corrected chi connectivity index (χ2v) is 11.7. The molecule has 7 nitrogen and oxygen atoms in total. The Kier molecular flexibility index (Phi) is 7.43. The van der Waals surface area contributed by atoms with Crippen LogP contribution in [0.2, 0.25) is 0 Å². The molecule has 0 unspecified atom stereocenters. The molecule has 2 heterocycles. The number of amides is 1. The van der Waals surface area contributed by atoms with Crippen LogP contribution in [0.3, 0.4) is 0 Å². The van der Waals surface area contributed by atoms with Crippen LogP contribution in [-0.4, -0.2) is 30.0 Å². The van der Waals surface area contributed by atoms with Crippen LogP contribution < -0.4 is 15.4 Å². The molecule has 3 N–H and O–H groups in total. The maximum atomic E-state index is 14.6. The minimum absolute atomic E-state index is 0.366. The van der Waals surface area contributed by atoms with E-state index in [1.807, 2.05) is 77.7 Å². The highest BCUT2D eigenvalue weighted by atomic mass is 16.5. The SMILES string of the molecule is CCC1([C@]2(C(=O)OC)c3[nH]c4ccccc4c3C[C@H](C(N)=O)N2c2ccc(OCc3ccccc3)cc2)CCCCC1. The number of methoxy groups -OCH3 is 1. The number of H-pyrrole nitrogens is 1. The number of nitrogens with two attached hydrogens (primary N) is 1. The number of aromatic nitrogens is 1. The Morgan fingerprint density at radius 1 is 0.952 bits per heavy atom. The van der Waals surface area contributed by atoms with Crippen molar-refractivity contribution in [2.45, 2.75) is 70.1 Å². The zero-order chi connectivity index (χ0) is 29.3. The van der Waals surface area contributed by atoms with Crippen molar-refractivity contribution in [2.24, 2.45) is 11.1 Å². The lowest BCUT2D eigenvalue weighted by Crippen LogP contribution is -2.70. The van der Waals surface area contributed by atoms with Gasteiger partial charge in [-0.3, -0.25) is 4.79 Å². The maximum Gasteiger partial charge on any atom is 0.338 e. The standard InChI is InChI=1S/C35H39N3O4/c1-3-34(20-10-5-11-21-34)35(33(40)41-2)31-28(27-14-8-9-15-29(27)37-31)22-30(32(36)39)38(35)25-16-18-26(19-17-25)42-23-24-12-6-4-7-13-24/h4,6-9,12-19,30,37H,3,5,10-11,20-23H2,1-2H3,(H2,36,39)/t30-,35-/m1/s1. The number of rotatable bonds is 8. The molecule has 218 valence electrons. The first-order chi connectivity index (χ1) is 20.4. The third kappa shape index (κ3) is 4.34. The van der Waals surface area contributed by atoms with Crippen molar-refractivity contribution < 1.29 is 19.1 Å². The second-order valence-electron chi connectivity index (χ2n) is 11.7. The summed E-state index contributed by atoms with van der Waals surface area (Å²) in [5.41, 5.74) is 8.99. The van der Waals surface area contributed by atoms with Gasteiger partial charge in [-0.05, 0) is 60.7 Å². The van der Waals surface area contributed by atoms with Crippen molar-refractivity contribution in [2.75, 3.05) is 12.0 Å². The molecule has 1 amide bonds. The van der Waals surface area contributed by atoms with Crippen LogP contribution in [0.15, 0.2) is 78.9 Å². The molecule has 0 bridgehead atoms. The van der Waals surface area contributed by atoms with E-state index in [9.17, 15) is 9.59 Å². The molecule has 1 saturated carbocycles. The van der Waals surface area contributed by atoms with Crippen molar-refractivity contribution in [3.63, 3.8) is 0 Å². The molecule has 1 aliphatic heterocycles. The number of anilines is 1. The van der Waals surface area contributed by atoms with Crippen molar-refractivity contribution in [3.05, 3.63) is 95.7 Å². The lowest BCUT2D eigenvalue weighted by atomic mass is 9.56. The molecule has 0 radical (unpaired) electrons. The van der Waals surface area contributed by atoms with Crippen molar-refractivity contribution in [3.8, 4) is 5.75 Å². The lowest BCUT2D eigenvalue weighted by molar-refractivity contribution is -0.157. The molecule has 2 atom stereocenters. The fraction of sp³-hybridized carbons (Fsp3) is 0.371. The number of esters is 1. The van der Waals surface area contributed by atoms with E-state index in [-0.39, 0.29) is 5.97 Å². The van der Waals surface area contributed by atoms with Crippen molar-refractivity contribution in [1.82, 2.24) is 4.98 Å². The van der Waals surface area contributed by atoms with Gasteiger partial charge in [0.15, 0.2) is 5.54 Å². The molecule has 1 fully saturated rings. The molecule has 0 spiro atoms. The normalized spacial score (nSPS) is 21.5. The number of aromatic amines is 1. The number of para-hydroxylation sites is 1. The number of hydrogen-bond donors (Lipinski definition) is 2. The van der Waals surface area contributed by atoms with Gasteiger partial charge in [0, 0.05) is 28.4 Å². The topological polar surface area (TPSA) is 97.7 Å². The third-order valence-corrected chi connectivity index (χ3v) is 9.67. The van der Waals surface area contributed by atoms with Gasteiger partial charge in [0.25, 0.3) is 0 Å². The smallest absolute Gasteiger partial charge is 0.338 e. The Morgan fingerprint density at radius 3 is 2.31 bits per heavy atom. The van der Waals surface area contributed by atoms with Gasteiger partial charge in [0.2, 0.25) is 5.91 Å². The average molecular weight is 566 g/mol. The van der Waals surface area contributed by atoms with Crippen LogP contribution in [0.5, 0.6) is 5.75 Å². The molecule has 4 aromatic rings. The third-order valence-electron chi connectivity index (χ3n) is 9.67. The van der Waals surface area contributed by atoms with E-state index in [1.165, 1.54) is 7.11 Å². The van der Waals surface area contributed by atoms with E-state index < -0.39 is 22.9 Å². The summed E-state index contributed by atoms with van der Waals surface area (Å²) in [4.78, 5) is 33.7. The highest BCUT2D eigenvalue weighted by Gasteiger charge is 2.66. The number of primary amides is 1. The molecule has 7 heteroatoms. The van der Waals surface area contributed by atoms with Gasteiger partial charge in [0.05, 0.1) is 12.8 Å². The predicted molar refractivity (Wildman–Crippen MR) is 164 cm³/mol. The Balaban J connectivity index is 1.55. The van der Waals surface area contributed by atoms with Gasteiger partial charge in [-0.15, -0.1) is 0 Å². The second kappa shape index (κ2) is 11.2. The Labute approximate surface area is 247 Å². The van der Waals surface area contributed by atoms with E-state index in [1.54, 1.807) is 0 Å². The molecular weight excluding hydrogens is 526 g/mol.